The van der Waals surface area contributed by atoms with Crippen molar-refractivity contribution in [1.82, 2.24) is 14.6 Å². The molecule has 2 heterocycles. The van der Waals surface area contributed by atoms with Gasteiger partial charge in [0.15, 0.2) is 5.65 Å². The molecule has 0 aromatic carbocycles. The van der Waals surface area contributed by atoms with Crippen molar-refractivity contribution in [3.05, 3.63) is 23.5 Å². The molecule has 0 aliphatic heterocycles. The molecule has 0 bridgehead atoms. The number of aromatic nitrogens is 3. The van der Waals surface area contributed by atoms with Crippen LogP contribution in [0.25, 0.3) is 5.65 Å². The molecule has 0 saturated carbocycles. The Bertz CT molecular complexity index is 525. The first-order valence-electron chi connectivity index (χ1n) is 5.47. The standard InChI is InChI=1S/C12H18N4.ClH/c1-8-6-11(14-12(3,4)5)16-10(13-8)7-9(2)15-16;/h6-7,14H,1-5H3;1H. The number of rotatable bonds is 1. The van der Waals surface area contributed by atoms with E-state index in [1.54, 1.807) is 0 Å². The summed E-state index contributed by atoms with van der Waals surface area (Å²) in [6, 6.07) is 4.01. The Morgan fingerprint density at radius 3 is 2.35 bits per heavy atom. The topological polar surface area (TPSA) is 42.2 Å². The summed E-state index contributed by atoms with van der Waals surface area (Å²) in [5.41, 5.74) is 2.89. The average molecular weight is 255 g/mol. The Morgan fingerprint density at radius 1 is 1.12 bits per heavy atom. The van der Waals surface area contributed by atoms with Gasteiger partial charge in [-0.1, -0.05) is 0 Å². The van der Waals surface area contributed by atoms with Crippen LogP contribution >= 0.6 is 12.4 Å². The van der Waals surface area contributed by atoms with E-state index in [0.29, 0.717) is 0 Å². The molecule has 0 spiro atoms. The van der Waals surface area contributed by atoms with Gasteiger partial charge in [0, 0.05) is 23.4 Å². The lowest BCUT2D eigenvalue weighted by atomic mass is 10.1. The summed E-state index contributed by atoms with van der Waals surface area (Å²) < 4.78 is 1.85. The van der Waals surface area contributed by atoms with E-state index in [4.69, 9.17) is 0 Å². The lowest BCUT2D eigenvalue weighted by Gasteiger charge is -2.22. The lowest BCUT2D eigenvalue weighted by molar-refractivity contribution is 0.625. The van der Waals surface area contributed by atoms with E-state index in [-0.39, 0.29) is 17.9 Å². The SMILES string of the molecule is Cc1cc(NC(C)(C)C)n2nc(C)cc2n1.Cl. The maximum atomic E-state index is 4.45. The van der Waals surface area contributed by atoms with Gasteiger partial charge < -0.3 is 5.32 Å². The molecule has 0 aliphatic carbocycles. The number of nitrogens with one attached hydrogen (secondary N) is 1. The van der Waals surface area contributed by atoms with Crippen molar-refractivity contribution in [2.75, 3.05) is 5.32 Å². The molecule has 0 saturated heterocycles. The van der Waals surface area contributed by atoms with Crippen molar-refractivity contribution in [2.24, 2.45) is 0 Å². The third-order valence-electron chi connectivity index (χ3n) is 2.18. The number of fused-ring (bicyclic) bond motifs is 1. The highest BCUT2D eigenvalue weighted by molar-refractivity contribution is 5.85. The van der Waals surface area contributed by atoms with Crippen molar-refractivity contribution in [1.29, 1.82) is 0 Å². The quantitative estimate of drug-likeness (QED) is 0.851. The molecule has 0 atom stereocenters. The Balaban J connectivity index is 0.00000144. The highest BCUT2D eigenvalue weighted by Crippen LogP contribution is 2.17. The Labute approximate surface area is 108 Å². The van der Waals surface area contributed by atoms with Gasteiger partial charge in [-0.3, -0.25) is 0 Å². The first kappa shape index (κ1) is 13.8. The van der Waals surface area contributed by atoms with Gasteiger partial charge in [0.1, 0.15) is 5.82 Å². The van der Waals surface area contributed by atoms with Crippen LogP contribution in [-0.2, 0) is 0 Å². The van der Waals surface area contributed by atoms with Gasteiger partial charge in [-0.05, 0) is 34.6 Å². The molecule has 2 aromatic rings. The van der Waals surface area contributed by atoms with Crippen LogP contribution in [0, 0.1) is 13.8 Å². The molecule has 0 radical (unpaired) electrons. The molecule has 5 heteroatoms. The minimum absolute atomic E-state index is 0. The summed E-state index contributed by atoms with van der Waals surface area (Å²) in [4.78, 5) is 4.45. The normalized spacial score (nSPS) is 11.4. The highest BCUT2D eigenvalue weighted by Gasteiger charge is 2.13. The van der Waals surface area contributed by atoms with Crippen LogP contribution in [0.3, 0.4) is 0 Å². The van der Waals surface area contributed by atoms with Gasteiger partial charge in [-0.25, -0.2) is 4.98 Å². The minimum atomic E-state index is 0. The van der Waals surface area contributed by atoms with Crippen LogP contribution in [0.2, 0.25) is 0 Å². The predicted octanol–water partition coefficient (Wildman–Crippen LogP) is 2.98. The largest absolute Gasteiger partial charge is 0.365 e. The zero-order valence-corrected chi connectivity index (χ0v) is 11.7. The van der Waals surface area contributed by atoms with Gasteiger partial charge in [-0.2, -0.15) is 9.61 Å². The molecule has 0 aliphatic rings. The second-order valence-corrected chi connectivity index (χ2v) is 5.21. The summed E-state index contributed by atoms with van der Waals surface area (Å²) in [5.74, 6) is 0.989. The second-order valence-electron chi connectivity index (χ2n) is 5.21. The van der Waals surface area contributed by atoms with Gasteiger partial charge >= 0.3 is 0 Å². The molecule has 1 N–H and O–H groups in total. The van der Waals surface area contributed by atoms with Crippen LogP contribution in [0.5, 0.6) is 0 Å². The minimum Gasteiger partial charge on any atom is -0.365 e. The Morgan fingerprint density at radius 2 is 1.76 bits per heavy atom. The maximum Gasteiger partial charge on any atom is 0.157 e. The highest BCUT2D eigenvalue weighted by atomic mass is 35.5. The average Bonchev–Trinajstić information content (AvgIpc) is 2.42. The summed E-state index contributed by atoms with van der Waals surface area (Å²) in [6.45, 7) is 10.4. The number of hydrogen-bond donors (Lipinski definition) is 1. The van der Waals surface area contributed by atoms with Crippen LogP contribution in [0.1, 0.15) is 32.2 Å². The number of nitrogens with zero attached hydrogens (tertiary/aromatic N) is 3. The zero-order chi connectivity index (χ0) is 11.9. The molecule has 4 nitrogen and oxygen atoms in total. The van der Waals surface area contributed by atoms with Crippen molar-refractivity contribution < 1.29 is 0 Å². The monoisotopic (exact) mass is 254 g/mol. The van der Waals surface area contributed by atoms with Gasteiger partial charge in [0.2, 0.25) is 0 Å². The lowest BCUT2D eigenvalue weighted by Crippen LogP contribution is -2.27. The first-order valence-corrected chi connectivity index (χ1v) is 5.47. The van der Waals surface area contributed by atoms with Gasteiger partial charge in [0.25, 0.3) is 0 Å². The van der Waals surface area contributed by atoms with E-state index in [0.717, 1.165) is 22.9 Å². The predicted molar refractivity (Wildman–Crippen MR) is 73.1 cm³/mol. The maximum absolute atomic E-state index is 4.45. The van der Waals surface area contributed by atoms with E-state index in [2.05, 4.69) is 36.2 Å². The van der Waals surface area contributed by atoms with Crippen LogP contribution in [0.4, 0.5) is 5.82 Å². The Hall–Kier alpha value is -1.29. The molecule has 0 unspecified atom stereocenters. The second kappa shape index (κ2) is 4.53. The smallest absolute Gasteiger partial charge is 0.157 e. The number of halogens is 1. The molecule has 0 amide bonds. The fourth-order valence-corrected chi connectivity index (χ4v) is 1.69. The third-order valence-corrected chi connectivity index (χ3v) is 2.18. The van der Waals surface area contributed by atoms with Crippen molar-refractivity contribution in [3.63, 3.8) is 0 Å². The summed E-state index contributed by atoms with van der Waals surface area (Å²) in [7, 11) is 0. The molecule has 0 fully saturated rings. The van der Waals surface area contributed by atoms with Crippen molar-refractivity contribution >= 4 is 23.9 Å². The van der Waals surface area contributed by atoms with Crippen molar-refractivity contribution in [3.8, 4) is 0 Å². The summed E-state index contributed by atoms with van der Waals surface area (Å²) in [6.07, 6.45) is 0. The number of aryl methyl sites for hydroxylation is 2. The van der Waals surface area contributed by atoms with Gasteiger partial charge in [-0.15, -0.1) is 12.4 Å². The number of anilines is 1. The summed E-state index contributed by atoms with van der Waals surface area (Å²) >= 11 is 0. The van der Waals surface area contributed by atoms with E-state index in [1.807, 2.05) is 30.5 Å². The Kier molecular flexibility index (Phi) is 3.67. The van der Waals surface area contributed by atoms with E-state index in [1.165, 1.54) is 0 Å². The van der Waals surface area contributed by atoms with E-state index in [9.17, 15) is 0 Å². The molecule has 17 heavy (non-hydrogen) atoms. The molecule has 2 rings (SSSR count). The van der Waals surface area contributed by atoms with E-state index < -0.39 is 0 Å². The van der Waals surface area contributed by atoms with Crippen LogP contribution in [0.15, 0.2) is 12.1 Å². The molecular weight excluding hydrogens is 236 g/mol. The molecular formula is C12H19ClN4. The fourth-order valence-electron chi connectivity index (χ4n) is 1.69. The zero-order valence-electron chi connectivity index (χ0n) is 10.9. The fraction of sp³-hybridized carbons (Fsp3) is 0.500. The third kappa shape index (κ3) is 3.09. The van der Waals surface area contributed by atoms with Crippen LogP contribution in [-0.4, -0.2) is 20.1 Å². The molecule has 2 aromatic heterocycles. The van der Waals surface area contributed by atoms with Gasteiger partial charge in [0.05, 0.1) is 5.69 Å². The summed E-state index contributed by atoms with van der Waals surface area (Å²) in [5, 5.41) is 7.87. The van der Waals surface area contributed by atoms with Crippen molar-refractivity contribution in [2.45, 2.75) is 40.2 Å². The van der Waals surface area contributed by atoms with E-state index >= 15 is 0 Å². The first-order chi connectivity index (χ1) is 7.35. The van der Waals surface area contributed by atoms with Crippen LogP contribution < -0.4 is 5.32 Å². The molecule has 94 valence electrons. The number of hydrogen-bond acceptors (Lipinski definition) is 3.